The lowest BCUT2D eigenvalue weighted by atomic mass is 9.93. The fraction of sp³-hybridized carbons (Fsp3) is 0.625. The van der Waals surface area contributed by atoms with Gasteiger partial charge >= 0.3 is 0 Å². The third kappa shape index (κ3) is 4.43. The van der Waals surface area contributed by atoms with Gasteiger partial charge in [-0.25, -0.2) is 0 Å². The number of pyridine rings is 1. The predicted octanol–water partition coefficient (Wildman–Crippen LogP) is 1.66. The molecule has 1 fully saturated rings. The zero-order valence-corrected chi connectivity index (χ0v) is 13.1. The molecule has 0 radical (unpaired) electrons. The molecule has 0 bridgehead atoms. The number of anilines is 1. The Kier molecular flexibility index (Phi) is 5.99. The highest BCUT2D eigenvalue weighted by atomic mass is 16.1. The molecule has 0 aromatic carbocycles. The fourth-order valence-electron chi connectivity index (χ4n) is 2.82. The minimum atomic E-state index is -0.0942. The lowest BCUT2D eigenvalue weighted by Gasteiger charge is -2.33. The second-order valence-corrected chi connectivity index (χ2v) is 5.58. The molecule has 1 aromatic heterocycles. The standard InChI is InChI=1S/C16H26N4O/c1-3-18-16(21)15-12-14(5-9-19-15)20-10-6-13(7-11-20)4-8-17-2/h5,9,12-13,17H,3-4,6-8,10-11H2,1-2H3,(H,18,21). The van der Waals surface area contributed by atoms with E-state index in [0.29, 0.717) is 12.2 Å². The van der Waals surface area contributed by atoms with Crippen LogP contribution in [0.2, 0.25) is 0 Å². The first-order chi connectivity index (χ1) is 10.2. The summed E-state index contributed by atoms with van der Waals surface area (Å²) in [4.78, 5) is 18.4. The maximum absolute atomic E-state index is 11.9. The Hall–Kier alpha value is -1.62. The molecule has 0 saturated carbocycles. The average Bonchev–Trinajstić information content (AvgIpc) is 2.54. The smallest absolute Gasteiger partial charge is 0.269 e. The first kappa shape index (κ1) is 15.8. The first-order valence-corrected chi connectivity index (χ1v) is 7.88. The van der Waals surface area contributed by atoms with Crippen LogP contribution in [0.4, 0.5) is 5.69 Å². The minimum absolute atomic E-state index is 0.0942. The number of carbonyl (C=O) groups is 1. The van der Waals surface area contributed by atoms with Gasteiger partial charge in [0.25, 0.3) is 5.91 Å². The molecular weight excluding hydrogens is 264 g/mol. The van der Waals surface area contributed by atoms with Gasteiger partial charge in [-0.2, -0.15) is 0 Å². The van der Waals surface area contributed by atoms with E-state index in [1.54, 1.807) is 6.20 Å². The van der Waals surface area contributed by atoms with Crippen molar-refractivity contribution in [1.29, 1.82) is 0 Å². The van der Waals surface area contributed by atoms with E-state index in [2.05, 4.69) is 20.5 Å². The summed E-state index contributed by atoms with van der Waals surface area (Å²) < 4.78 is 0. The largest absolute Gasteiger partial charge is 0.371 e. The van der Waals surface area contributed by atoms with E-state index < -0.39 is 0 Å². The SMILES string of the molecule is CCNC(=O)c1cc(N2CCC(CCNC)CC2)ccn1. The molecule has 1 aliphatic rings. The predicted molar refractivity (Wildman–Crippen MR) is 85.7 cm³/mol. The van der Waals surface area contributed by atoms with Gasteiger partial charge in [0.2, 0.25) is 0 Å². The van der Waals surface area contributed by atoms with Gasteiger partial charge in [0, 0.05) is 31.5 Å². The summed E-state index contributed by atoms with van der Waals surface area (Å²) in [5, 5.41) is 6.02. The Morgan fingerprint density at radius 3 is 2.86 bits per heavy atom. The van der Waals surface area contributed by atoms with Crippen LogP contribution in [-0.4, -0.2) is 44.1 Å². The number of piperidine rings is 1. The van der Waals surface area contributed by atoms with E-state index in [1.807, 2.05) is 26.1 Å². The van der Waals surface area contributed by atoms with Crippen LogP contribution in [0, 0.1) is 5.92 Å². The van der Waals surface area contributed by atoms with Crippen molar-refractivity contribution >= 4 is 11.6 Å². The number of rotatable bonds is 6. The summed E-state index contributed by atoms with van der Waals surface area (Å²) in [6.45, 7) is 5.76. The van der Waals surface area contributed by atoms with Gasteiger partial charge in [-0.15, -0.1) is 0 Å². The number of nitrogens with zero attached hydrogens (tertiary/aromatic N) is 2. The van der Waals surface area contributed by atoms with Gasteiger partial charge in [0.05, 0.1) is 0 Å². The Labute approximate surface area is 127 Å². The molecule has 0 spiro atoms. The Bertz CT molecular complexity index is 455. The van der Waals surface area contributed by atoms with Gasteiger partial charge < -0.3 is 15.5 Å². The molecule has 2 heterocycles. The molecular formula is C16H26N4O. The number of nitrogens with one attached hydrogen (secondary N) is 2. The third-order valence-electron chi connectivity index (χ3n) is 4.10. The Morgan fingerprint density at radius 1 is 1.43 bits per heavy atom. The molecule has 21 heavy (non-hydrogen) atoms. The van der Waals surface area contributed by atoms with E-state index in [0.717, 1.165) is 31.2 Å². The molecule has 0 unspecified atom stereocenters. The van der Waals surface area contributed by atoms with Crippen LogP contribution in [0.25, 0.3) is 0 Å². The summed E-state index contributed by atoms with van der Waals surface area (Å²) in [5.41, 5.74) is 1.62. The molecule has 5 nitrogen and oxygen atoms in total. The Morgan fingerprint density at radius 2 is 2.19 bits per heavy atom. The van der Waals surface area contributed by atoms with E-state index >= 15 is 0 Å². The molecule has 5 heteroatoms. The molecule has 0 atom stereocenters. The molecule has 1 amide bonds. The lowest BCUT2D eigenvalue weighted by Crippen LogP contribution is -2.34. The second-order valence-electron chi connectivity index (χ2n) is 5.58. The average molecular weight is 290 g/mol. The van der Waals surface area contributed by atoms with Gasteiger partial charge in [0.15, 0.2) is 0 Å². The Balaban J connectivity index is 1.94. The van der Waals surface area contributed by atoms with E-state index in [4.69, 9.17) is 0 Å². The fourth-order valence-corrected chi connectivity index (χ4v) is 2.82. The number of aromatic nitrogens is 1. The molecule has 0 aliphatic carbocycles. The lowest BCUT2D eigenvalue weighted by molar-refractivity contribution is 0.0951. The van der Waals surface area contributed by atoms with Crippen molar-refractivity contribution in [3.05, 3.63) is 24.0 Å². The summed E-state index contributed by atoms with van der Waals surface area (Å²) in [6.07, 6.45) is 5.43. The van der Waals surface area contributed by atoms with Gasteiger partial charge in [0.1, 0.15) is 5.69 Å². The number of hydrogen-bond donors (Lipinski definition) is 2. The first-order valence-electron chi connectivity index (χ1n) is 7.88. The monoisotopic (exact) mass is 290 g/mol. The van der Waals surface area contributed by atoms with E-state index in [9.17, 15) is 4.79 Å². The second kappa shape index (κ2) is 7.98. The maximum atomic E-state index is 11.9. The summed E-state index contributed by atoms with van der Waals surface area (Å²) in [5.74, 6) is 0.724. The van der Waals surface area contributed by atoms with Crippen LogP contribution in [0.3, 0.4) is 0 Å². The molecule has 1 aromatic rings. The minimum Gasteiger partial charge on any atom is -0.371 e. The summed E-state index contributed by atoms with van der Waals surface area (Å²) in [6, 6.07) is 3.90. The molecule has 2 N–H and O–H groups in total. The number of carbonyl (C=O) groups excluding carboxylic acids is 1. The number of amides is 1. The van der Waals surface area contributed by atoms with Crippen LogP contribution >= 0.6 is 0 Å². The highest BCUT2D eigenvalue weighted by Crippen LogP contribution is 2.25. The van der Waals surface area contributed by atoms with Crippen LogP contribution in [0.15, 0.2) is 18.3 Å². The summed E-state index contributed by atoms with van der Waals surface area (Å²) >= 11 is 0. The van der Waals surface area contributed by atoms with Crippen LogP contribution in [-0.2, 0) is 0 Å². The quantitative estimate of drug-likeness (QED) is 0.836. The van der Waals surface area contributed by atoms with E-state index in [-0.39, 0.29) is 5.91 Å². The van der Waals surface area contributed by atoms with Crippen LogP contribution in [0.5, 0.6) is 0 Å². The molecule has 2 rings (SSSR count). The van der Waals surface area contributed by atoms with Crippen molar-refractivity contribution in [2.75, 3.05) is 38.1 Å². The van der Waals surface area contributed by atoms with Crippen molar-refractivity contribution in [2.45, 2.75) is 26.2 Å². The summed E-state index contributed by atoms with van der Waals surface area (Å²) in [7, 11) is 2.01. The van der Waals surface area contributed by atoms with Crippen LogP contribution < -0.4 is 15.5 Å². The van der Waals surface area contributed by atoms with Gasteiger partial charge in [-0.1, -0.05) is 0 Å². The molecule has 1 aliphatic heterocycles. The van der Waals surface area contributed by atoms with Gasteiger partial charge in [-0.3, -0.25) is 9.78 Å². The van der Waals surface area contributed by atoms with Crippen LogP contribution in [0.1, 0.15) is 36.7 Å². The zero-order valence-electron chi connectivity index (χ0n) is 13.1. The van der Waals surface area contributed by atoms with Gasteiger partial charge in [-0.05, 0) is 57.8 Å². The van der Waals surface area contributed by atoms with Crippen molar-refractivity contribution in [3.63, 3.8) is 0 Å². The van der Waals surface area contributed by atoms with E-state index in [1.165, 1.54) is 19.3 Å². The van der Waals surface area contributed by atoms with Crippen molar-refractivity contribution < 1.29 is 4.79 Å². The number of hydrogen-bond acceptors (Lipinski definition) is 4. The topological polar surface area (TPSA) is 57.3 Å². The third-order valence-corrected chi connectivity index (χ3v) is 4.10. The highest BCUT2D eigenvalue weighted by molar-refractivity contribution is 5.93. The molecule has 1 saturated heterocycles. The van der Waals surface area contributed by atoms with Crippen molar-refractivity contribution in [3.8, 4) is 0 Å². The highest BCUT2D eigenvalue weighted by Gasteiger charge is 2.19. The molecule has 116 valence electrons. The van der Waals surface area contributed by atoms with Crippen molar-refractivity contribution in [1.82, 2.24) is 15.6 Å². The van der Waals surface area contributed by atoms with Crippen molar-refractivity contribution in [2.24, 2.45) is 5.92 Å². The normalized spacial score (nSPS) is 16.0. The maximum Gasteiger partial charge on any atom is 0.269 e. The zero-order chi connectivity index (χ0) is 15.1.